The molecule has 45 heavy (non-hydrogen) atoms. The summed E-state index contributed by atoms with van der Waals surface area (Å²) >= 11 is 6.22. The number of carbonyl (C=O) groups is 1. The van der Waals surface area contributed by atoms with Crippen molar-refractivity contribution in [2.24, 2.45) is 5.41 Å². The molecule has 1 unspecified atom stereocenters. The summed E-state index contributed by atoms with van der Waals surface area (Å²) in [6.45, 7) is 4.83. The predicted molar refractivity (Wildman–Crippen MR) is 161 cm³/mol. The molecule has 3 aromatic rings. The Balaban J connectivity index is 1.14. The number of aromatic nitrogens is 4. The molecule has 1 saturated heterocycles. The second-order valence-corrected chi connectivity index (χ2v) is 14.1. The maximum absolute atomic E-state index is 13.1. The van der Waals surface area contributed by atoms with Gasteiger partial charge in [-0.1, -0.05) is 17.7 Å². The summed E-state index contributed by atoms with van der Waals surface area (Å²) < 4.78 is 73.9. The van der Waals surface area contributed by atoms with Crippen LogP contribution in [-0.2, 0) is 10.0 Å². The molecule has 0 bridgehead atoms. The molecule has 244 valence electrons. The van der Waals surface area contributed by atoms with Crippen molar-refractivity contribution in [3.8, 4) is 11.7 Å². The molecule has 0 radical (unpaired) electrons. The Kier molecular flexibility index (Phi) is 9.34. The van der Waals surface area contributed by atoms with Crippen molar-refractivity contribution in [2.75, 3.05) is 18.5 Å². The molecule has 1 amide bonds. The van der Waals surface area contributed by atoms with Gasteiger partial charge in [-0.25, -0.2) is 19.4 Å². The number of halogens is 4. The average molecular weight is 670 g/mol. The number of hydrogen-bond donors (Lipinski definition) is 3. The summed E-state index contributed by atoms with van der Waals surface area (Å²) in [7, 11) is -4.34. The fourth-order valence-electron chi connectivity index (χ4n) is 5.32. The molecule has 1 aliphatic carbocycles. The van der Waals surface area contributed by atoms with E-state index in [1.54, 1.807) is 6.07 Å². The van der Waals surface area contributed by atoms with Gasteiger partial charge >= 0.3 is 6.18 Å². The molecule has 4 heterocycles. The number of carbonyl (C=O) groups excluding carboxylic acids is 1. The van der Waals surface area contributed by atoms with Gasteiger partial charge in [0.15, 0.2) is 10.8 Å². The van der Waals surface area contributed by atoms with Gasteiger partial charge in [0.1, 0.15) is 11.0 Å². The molecule has 5 rings (SSSR count). The number of sulfonamides is 1. The van der Waals surface area contributed by atoms with Gasteiger partial charge < -0.3 is 15.4 Å². The van der Waals surface area contributed by atoms with E-state index in [9.17, 15) is 26.4 Å². The first-order valence-electron chi connectivity index (χ1n) is 14.6. The highest BCUT2D eigenvalue weighted by Crippen LogP contribution is 2.59. The molecule has 1 atom stereocenters. The number of nitrogens with one attached hydrogen (secondary N) is 3. The molecule has 1 aliphatic heterocycles. The van der Waals surface area contributed by atoms with Crippen LogP contribution in [0.15, 0.2) is 47.6 Å². The quantitative estimate of drug-likeness (QED) is 0.164. The number of ether oxygens (including phenoxy) is 1. The van der Waals surface area contributed by atoms with Crippen LogP contribution in [0.3, 0.4) is 0 Å². The molecular formula is C29H35ClF3N7O4S. The van der Waals surface area contributed by atoms with Gasteiger partial charge in [0.25, 0.3) is 15.9 Å². The molecule has 3 N–H and O–H groups in total. The third kappa shape index (κ3) is 8.05. The smallest absolute Gasteiger partial charge is 0.394 e. The van der Waals surface area contributed by atoms with Crippen LogP contribution in [0.1, 0.15) is 69.2 Å². The molecule has 2 aliphatic rings. The zero-order chi connectivity index (χ0) is 32.5. The zero-order valence-corrected chi connectivity index (χ0v) is 26.4. The number of pyridine rings is 2. The third-order valence-electron chi connectivity index (χ3n) is 8.14. The van der Waals surface area contributed by atoms with E-state index < -0.39 is 27.5 Å². The lowest BCUT2D eigenvalue weighted by Gasteiger charge is -2.20. The van der Waals surface area contributed by atoms with Gasteiger partial charge in [0.2, 0.25) is 5.88 Å². The van der Waals surface area contributed by atoms with Crippen LogP contribution in [0.2, 0.25) is 5.15 Å². The Morgan fingerprint density at radius 2 is 1.93 bits per heavy atom. The molecule has 3 aromatic heterocycles. The van der Waals surface area contributed by atoms with E-state index in [-0.39, 0.29) is 58.8 Å². The van der Waals surface area contributed by atoms with Crippen LogP contribution < -0.4 is 20.1 Å². The molecule has 2 fully saturated rings. The normalized spacial score (nSPS) is 18.8. The Bertz CT molecular complexity index is 1640. The molecule has 1 saturated carbocycles. The van der Waals surface area contributed by atoms with Crippen molar-refractivity contribution >= 4 is 33.3 Å². The zero-order valence-electron chi connectivity index (χ0n) is 24.8. The molecule has 16 heteroatoms. The minimum Gasteiger partial charge on any atom is -0.477 e. The van der Waals surface area contributed by atoms with Gasteiger partial charge in [-0.2, -0.15) is 21.6 Å². The number of rotatable bonds is 13. The highest BCUT2D eigenvalue weighted by atomic mass is 35.5. The minimum absolute atomic E-state index is 0.0928. The summed E-state index contributed by atoms with van der Waals surface area (Å²) in [5, 5.41) is 10.2. The number of anilines is 1. The standard InChI is InChI=1S/C29H35ClF3N7O4S/c1-27(2)12-10-19(37-27)5-4-16-34-21-6-3-7-24(35-21)45(42,43)39-26(41)20-8-9-22(36-25(20)30)40-17-11-23(38-40)44-18-15-28(13-14-28)29(31,32)33/h3,6-9,11,17,19,37H,4-5,10,12-16,18H2,1-2H3,(H,34,35)(H,39,41). The SMILES string of the molecule is CC1(C)CCC(CCCNc2cccc(S(=O)(=O)NC(=O)c3ccc(-n4ccc(OCCC5(C(F)(F)F)CC5)n4)nc3Cl)n2)N1. The Morgan fingerprint density at radius 1 is 1.16 bits per heavy atom. The van der Waals surface area contributed by atoms with Crippen LogP contribution in [0.5, 0.6) is 5.88 Å². The van der Waals surface area contributed by atoms with E-state index in [2.05, 4.69) is 39.5 Å². The van der Waals surface area contributed by atoms with Crippen LogP contribution >= 0.6 is 11.6 Å². The lowest BCUT2D eigenvalue weighted by atomic mass is 10.0. The lowest BCUT2D eigenvalue weighted by Crippen LogP contribution is -2.37. The summed E-state index contributed by atoms with van der Waals surface area (Å²) in [6, 6.07) is 9.04. The average Bonchev–Trinajstić information content (AvgIpc) is 3.49. The summed E-state index contributed by atoms with van der Waals surface area (Å²) in [6.07, 6.45) is 1.35. The maximum atomic E-state index is 13.1. The van der Waals surface area contributed by atoms with Gasteiger partial charge in [-0.15, -0.1) is 5.10 Å². The van der Waals surface area contributed by atoms with Gasteiger partial charge in [-0.3, -0.25) is 4.79 Å². The van der Waals surface area contributed by atoms with Crippen LogP contribution in [-0.4, -0.2) is 65.0 Å². The van der Waals surface area contributed by atoms with Crippen LogP contribution in [0.4, 0.5) is 19.0 Å². The second kappa shape index (κ2) is 12.8. The van der Waals surface area contributed by atoms with Crippen molar-refractivity contribution in [2.45, 2.75) is 81.6 Å². The van der Waals surface area contributed by atoms with Crippen molar-refractivity contribution in [1.82, 2.24) is 29.8 Å². The first-order valence-corrected chi connectivity index (χ1v) is 16.5. The van der Waals surface area contributed by atoms with E-state index in [0.717, 1.165) is 25.7 Å². The first-order chi connectivity index (χ1) is 21.2. The highest BCUT2D eigenvalue weighted by Gasteiger charge is 2.62. The van der Waals surface area contributed by atoms with Gasteiger partial charge in [-0.05, 0) is 83.1 Å². The fourth-order valence-corrected chi connectivity index (χ4v) is 6.49. The predicted octanol–water partition coefficient (Wildman–Crippen LogP) is 5.27. The fraction of sp³-hybridized carbons (Fsp3) is 0.517. The molecule has 0 spiro atoms. The number of hydrogen-bond acceptors (Lipinski definition) is 9. The number of amides is 1. The Hall–Kier alpha value is -3.43. The summed E-state index contributed by atoms with van der Waals surface area (Å²) in [4.78, 5) is 21.1. The first kappa shape index (κ1) is 32.9. The van der Waals surface area contributed by atoms with Crippen molar-refractivity contribution < 1.29 is 31.1 Å². The van der Waals surface area contributed by atoms with Crippen LogP contribution in [0, 0.1) is 5.41 Å². The van der Waals surface area contributed by atoms with Crippen molar-refractivity contribution in [3.05, 3.63) is 53.3 Å². The molecule has 11 nitrogen and oxygen atoms in total. The highest BCUT2D eigenvalue weighted by molar-refractivity contribution is 7.90. The summed E-state index contributed by atoms with van der Waals surface area (Å²) in [5.41, 5.74) is -1.72. The Morgan fingerprint density at radius 3 is 2.60 bits per heavy atom. The van der Waals surface area contributed by atoms with Gasteiger partial charge in [0.05, 0.1) is 17.6 Å². The summed E-state index contributed by atoms with van der Waals surface area (Å²) in [5.74, 6) is -0.368. The van der Waals surface area contributed by atoms with E-state index in [1.165, 1.54) is 41.2 Å². The number of nitrogens with zero attached hydrogens (tertiary/aromatic N) is 4. The van der Waals surface area contributed by atoms with E-state index in [4.69, 9.17) is 16.3 Å². The Labute approximate surface area is 264 Å². The lowest BCUT2D eigenvalue weighted by molar-refractivity contribution is -0.190. The molecule has 0 aromatic carbocycles. The largest absolute Gasteiger partial charge is 0.477 e. The van der Waals surface area contributed by atoms with E-state index in [1.807, 2.05) is 4.72 Å². The maximum Gasteiger partial charge on any atom is 0.394 e. The minimum atomic E-state index is -4.34. The topological polar surface area (TPSA) is 140 Å². The van der Waals surface area contributed by atoms with E-state index in [0.29, 0.717) is 18.4 Å². The van der Waals surface area contributed by atoms with E-state index >= 15 is 0 Å². The second-order valence-electron chi connectivity index (χ2n) is 12.1. The number of alkyl halides is 3. The van der Waals surface area contributed by atoms with Gasteiger partial charge in [0, 0.05) is 30.4 Å². The van der Waals surface area contributed by atoms with Crippen molar-refractivity contribution in [3.63, 3.8) is 0 Å². The van der Waals surface area contributed by atoms with Crippen molar-refractivity contribution in [1.29, 1.82) is 0 Å². The molecular weight excluding hydrogens is 635 g/mol. The third-order valence-corrected chi connectivity index (χ3v) is 9.66. The van der Waals surface area contributed by atoms with Crippen LogP contribution in [0.25, 0.3) is 5.82 Å². The monoisotopic (exact) mass is 669 g/mol.